The molecule has 0 saturated heterocycles. The van der Waals surface area contributed by atoms with Crippen molar-refractivity contribution in [3.05, 3.63) is 74.3 Å². The molecule has 4 heterocycles. The molecule has 1 saturated carbocycles. The second kappa shape index (κ2) is 9.77. The largest absolute Gasteiger partial charge is 0.426 e. The van der Waals surface area contributed by atoms with Crippen LogP contribution in [0, 0.1) is 32.6 Å². The topological polar surface area (TPSA) is 102 Å². The van der Waals surface area contributed by atoms with E-state index in [1.165, 1.54) is 0 Å². The number of aliphatic hydroxyl groups is 1. The van der Waals surface area contributed by atoms with Crippen LogP contribution in [0.3, 0.4) is 0 Å². The zero-order valence-corrected chi connectivity index (χ0v) is 23.0. The van der Waals surface area contributed by atoms with Gasteiger partial charge in [-0.05, 0) is 57.2 Å². The van der Waals surface area contributed by atoms with E-state index in [-0.39, 0.29) is 0 Å². The molecule has 2 aliphatic rings. The smallest absolute Gasteiger partial charge is 0.219 e. The van der Waals surface area contributed by atoms with E-state index >= 15 is 0 Å². The lowest BCUT2D eigenvalue weighted by Gasteiger charge is -2.26. The van der Waals surface area contributed by atoms with Gasteiger partial charge in [0.2, 0.25) is 11.8 Å². The zero-order valence-electron chi connectivity index (χ0n) is 21.5. The van der Waals surface area contributed by atoms with Crippen LogP contribution in [0.4, 0.5) is 0 Å². The van der Waals surface area contributed by atoms with E-state index in [2.05, 4.69) is 43.7 Å². The lowest BCUT2D eigenvalue weighted by Crippen LogP contribution is -2.29. The van der Waals surface area contributed by atoms with Gasteiger partial charge in [-0.1, -0.05) is 42.0 Å². The van der Waals surface area contributed by atoms with Gasteiger partial charge in [0.25, 0.3) is 0 Å². The molecule has 0 radical (unpaired) electrons. The number of nitrogens with zero attached hydrogens (tertiary/aromatic N) is 6. The minimum atomic E-state index is -0.926. The van der Waals surface area contributed by atoms with Gasteiger partial charge in [0.05, 0.1) is 17.0 Å². The predicted octanol–water partition coefficient (Wildman–Crippen LogP) is 5.47. The number of aliphatic imine (C=N–C) groups is 1. The highest BCUT2D eigenvalue weighted by Crippen LogP contribution is 2.40. The standard InChI is InChI=1S/C28H27ClN6O2S/c1-16-22(11-14-28(36)12-5-4-6-13-28)38-27-24(16)25(19-7-9-20(29)10-8-19)30-21(15-23-33-32-18(3)37-23)26-34-31-17(2)35(26)27/h7-10,21,36H,4-6,12-13,15H2,1-3H3/t21-/m0/s1. The SMILES string of the molecule is Cc1nnc(C[C@@H]2N=C(c3ccc(Cl)cc3)c3c(sc(C#CC4(O)CCCCC4)c3C)-n3c(C)nnc32)o1. The van der Waals surface area contributed by atoms with Gasteiger partial charge in [-0.15, -0.1) is 31.7 Å². The highest BCUT2D eigenvalue weighted by molar-refractivity contribution is 7.15. The highest BCUT2D eigenvalue weighted by Gasteiger charge is 2.33. The van der Waals surface area contributed by atoms with Gasteiger partial charge in [-0.25, -0.2) is 0 Å². The van der Waals surface area contributed by atoms with Crippen molar-refractivity contribution in [1.82, 2.24) is 25.0 Å². The molecule has 38 heavy (non-hydrogen) atoms. The fourth-order valence-electron chi connectivity index (χ4n) is 5.16. The van der Waals surface area contributed by atoms with Crippen LogP contribution in [-0.2, 0) is 6.42 Å². The lowest BCUT2D eigenvalue weighted by molar-refractivity contribution is 0.0610. The number of rotatable bonds is 3. The molecule has 1 fully saturated rings. The first-order valence-electron chi connectivity index (χ1n) is 12.8. The summed E-state index contributed by atoms with van der Waals surface area (Å²) in [5.74, 6) is 9.00. The van der Waals surface area contributed by atoms with Crippen molar-refractivity contribution in [1.29, 1.82) is 0 Å². The molecule has 8 nitrogen and oxygen atoms in total. The van der Waals surface area contributed by atoms with Crippen molar-refractivity contribution in [2.75, 3.05) is 0 Å². The van der Waals surface area contributed by atoms with Crippen LogP contribution >= 0.6 is 22.9 Å². The number of hydrogen-bond donors (Lipinski definition) is 1. The molecule has 1 aliphatic carbocycles. The average molecular weight is 547 g/mol. The summed E-state index contributed by atoms with van der Waals surface area (Å²) in [5.41, 5.74) is 2.82. The summed E-state index contributed by atoms with van der Waals surface area (Å²) >= 11 is 7.81. The van der Waals surface area contributed by atoms with Crippen molar-refractivity contribution in [2.24, 2.45) is 4.99 Å². The summed E-state index contributed by atoms with van der Waals surface area (Å²) in [6.07, 6.45) is 4.98. The molecule has 1 atom stereocenters. The summed E-state index contributed by atoms with van der Waals surface area (Å²) < 4.78 is 7.76. The fraction of sp³-hybridized carbons (Fsp3) is 0.393. The van der Waals surface area contributed by atoms with Crippen LogP contribution in [-0.4, -0.2) is 41.4 Å². The Labute approximate surface area is 229 Å². The number of hydrogen-bond acceptors (Lipinski definition) is 8. The third kappa shape index (κ3) is 4.57. The summed E-state index contributed by atoms with van der Waals surface area (Å²) in [5, 5.41) is 29.8. The highest BCUT2D eigenvalue weighted by atomic mass is 35.5. The molecule has 0 bridgehead atoms. The molecular weight excluding hydrogens is 520 g/mol. The number of benzene rings is 1. The van der Waals surface area contributed by atoms with E-state index < -0.39 is 11.6 Å². The van der Waals surface area contributed by atoms with Crippen LogP contribution < -0.4 is 0 Å². The Morgan fingerprint density at radius 1 is 1.08 bits per heavy atom. The van der Waals surface area contributed by atoms with Gasteiger partial charge < -0.3 is 9.52 Å². The summed E-state index contributed by atoms with van der Waals surface area (Å²) in [6.45, 7) is 5.77. The molecule has 1 aliphatic heterocycles. The molecule has 3 aromatic heterocycles. The third-order valence-corrected chi connectivity index (χ3v) is 8.59. The number of halogens is 1. The first-order chi connectivity index (χ1) is 18.3. The van der Waals surface area contributed by atoms with Gasteiger partial charge >= 0.3 is 0 Å². The monoisotopic (exact) mass is 546 g/mol. The zero-order chi connectivity index (χ0) is 26.4. The maximum atomic E-state index is 11.0. The van der Waals surface area contributed by atoms with Crippen molar-refractivity contribution >= 4 is 28.6 Å². The molecule has 194 valence electrons. The summed E-state index contributed by atoms with van der Waals surface area (Å²) in [4.78, 5) is 6.15. The molecule has 0 amide bonds. The Morgan fingerprint density at radius 3 is 2.55 bits per heavy atom. The second-order valence-electron chi connectivity index (χ2n) is 9.94. The first-order valence-corrected chi connectivity index (χ1v) is 13.9. The minimum absolute atomic E-state index is 0.391. The Morgan fingerprint density at radius 2 is 1.84 bits per heavy atom. The molecule has 10 heteroatoms. The first kappa shape index (κ1) is 25.0. The maximum Gasteiger partial charge on any atom is 0.219 e. The number of aryl methyl sites for hydroxylation is 2. The Kier molecular flexibility index (Phi) is 6.42. The number of thiophene rings is 1. The van der Waals surface area contributed by atoms with Crippen LogP contribution in [0.2, 0.25) is 5.02 Å². The van der Waals surface area contributed by atoms with Gasteiger partial charge in [0.1, 0.15) is 22.5 Å². The maximum absolute atomic E-state index is 11.0. The van der Waals surface area contributed by atoms with Crippen LogP contribution in [0.15, 0.2) is 33.7 Å². The van der Waals surface area contributed by atoms with Crippen LogP contribution in [0.25, 0.3) is 5.00 Å². The summed E-state index contributed by atoms with van der Waals surface area (Å²) in [7, 11) is 0. The molecule has 0 spiro atoms. The van der Waals surface area contributed by atoms with Crippen molar-refractivity contribution in [3.63, 3.8) is 0 Å². The lowest BCUT2D eigenvalue weighted by atomic mass is 9.85. The summed E-state index contributed by atoms with van der Waals surface area (Å²) in [6, 6.07) is 7.30. The molecule has 1 N–H and O–H groups in total. The van der Waals surface area contributed by atoms with Crippen molar-refractivity contribution in [2.45, 2.75) is 70.9 Å². The quantitative estimate of drug-likeness (QED) is 0.342. The average Bonchev–Trinajstić information content (AvgIpc) is 3.55. The van der Waals surface area contributed by atoms with Crippen LogP contribution in [0.5, 0.6) is 0 Å². The van der Waals surface area contributed by atoms with E-state index in [0.29, 0.717) is 41.9 Å². The normalized spacial score (nSPS) is 18.1. The predicted molar refractivity (Wildman–Crippen MR) is 146 cm³/mol. The Balaban J connectivity index is 1.54. The van der Waals surface area contributed by atoms with Gasteiger partial charge in [-0.3, -0.25) is 9.56 Å². The fourth-order valence-corrected chi connectivity index (χ4v) is 6.51. The molecule has 0 unspecified atom stereocenters. The van der Waals surface area contributed by atoms with Crippen molar-refractivity contribution < 1.29 is 9.52 Å². The Hall–Kier alpha value is -3.32. The van der Waals surface area contributed by atoms with E-state index in [1.807, 2.05) is 31.2 Å². The van der Waals surface area contributed by atoms with Gasteiger partial charge in [0, 0.05) is 23.1 Å². The Bertz CT molecular complexity index is 1600. The second-order valence-corrected chi connectivity index (χ2v) is 11.4. The molecule has 1 aromatic carbocycles. The van der Waals surface area contributed by atoms with E-state index in [1.54, 1.807) is 18.3 Å². The van der Waals surface area contributed by atoms with E-state index in [9.17, 15) is 5.11 Å². The molecule has 4 aromatic rings. The molecule has 6 rings (SSSR count). The number of aromatic nitrogens is 5. The van der Waals surface area contributed by atoms with E-state index in [4.69, 9.17) is 21.0 Å². The minimum Gasteiger partial charge on any atom is -0.426 e. The molecular formula is C28H27ClN6O2S. The number of fused-ring (bicyclic) bond motifs is 3. The van der Waals surface area contributed by atoms with Crippen molar-refractivity contribution in [3.8, 4) is 16.8 Å². The van der Waals surface area contributed by atoms with E-state index in [0.717, 1.165) is 57.4 Å². The van der Waals surface area contributed by atoms with Crippen LogP contribution in [0.1, 0.15) is 83.1 Å². The van der Waals surface area contributed by atoms with Gasteiger partial charge in [-0.2, -0.15) is 0 Å². The van der Waals surface area contributed by atoms with Gasteiger partial charge in [0.15, 0.2) is 5.82 Å². The third-order valence-electron chi connectivity index (χ3n) is 7.14.